The molecular formula is C37H35N7O3. The number of carbonyl (C=O) groups excluding carboxylic acids is 1. The van der Waals surface area contributed by atoms with Crippen LogP contribution in [-0.2, 0) is 13.1 Å². The molecule has 6 heterocycles. The second kappa shape index (κ2) is 10.9. The van der Waals surface area contributed by atoms with Crippen LogP contribution in [0.4, 0.5) is 0 Å². The van der Waals surface area contributed by atoms with E-state index in [1.807, 2.05) is 59.9 Å². The molecule has 10 nitrogen and oxygen atoms in total. The lowest BCUT2D eigenvalue weighted by Gasteiger charge is -2.27. The lowest BCUT2D eigenvalue weighted by molar-refractivity contribution is 0.0700. The summed E-state index contributed by atoms with van der Waals surface area (Å²) in [7, 11) is 1.65. The van der Waals surface area contributed by atoms with E-state index in [-0.39, 0.29) is 18.0 Å². The summed E-state index contributed by atoms with van der Waals surface area (Å²) in [5.41, 5.74) is 13.4. The summed E-state index contributed by atoms with van der Waals surface area (Å²) in [6.45, 7) is 2.41. The molecule has 0 spiro atoms. The van der Waals surface area contributed by atoms with Gasteiger partial charge in [0.05, 0.1) is 31.5 Å². The first-order chi connectivity index (χ1) is 23.1. The molecule has 47 heavy (non-hydrogen) atoms. The van der Waals surface area contributed by atoms with E-state index in [9.17, 15) is 4.79 Å². The van der Waals surface area contributed by atoms with E-state index in [1.165, 1.54) is 0 Å². The van der Waals surface area contributed by atoms with Crippen molar-refractivity contribution in [2.24, 2.45) is 11.7 Å². The molecule has 2 aliphatic heterocycles. The first-order valence-electron chi connectivity index (χ1n) is 16.3. The number of para-hydroxylation sites is 1. The quantitative estimate of drug-likeness (QED) is 0.270. The molecule has 236 valence electrons. The number of nitrogens with two attached hydrogens (primary N) is 1. The van der Waals surface area contributed by atoms with Gasteiger partial charge in [-0.05, 0) is 73.2 Å². The minimum Gasteiger partial charge on any atom is -0.494 e. The van der Waals surface area contributed by atoms with Gasteiger partial charge in [-0.15, -0.1) is 0 Å². The number of pyridine rings is 2. The topological polar surface area (TPSA) is 113 Å². The van der Waals surface area contributed by atoms with Gasteiger partial charge in [0.1, 0.15) is 22.7 Å². The average molecular weight is 626 g/mol. The summed E-state index contributed by atoms with van der Waals surface area (Å²) in [5.74, 6) is 2.55. The molecule has 1 aliphatic carbocycles. The number of aromatic nitrogens is 5. The molecule has 10 heteroatoms. The summed E-state index contributed by atoms with van der Waals surface area (Å²) in [5, 5.41) is 1.03. The SMILES string of the molecule is COc1cc(C(=O)N2CC3CCC2C3N)cc2nc3n(c12)Cc1cncc(c1)-c1ccccc1OCCCn1c-3cc2cccnc21. The highest BCUT2D eigenvalue weighted by atomic mass is 16.5. The lowest BCUT2D eigenvalue weighted by atomic mass is 10.0. The fourth-order valence-electron chi connectivity index (χ4n) is 7.94. The van der Waals surface area contributed by atoms with E-state index < -0.39 is 0 Å². The average Bonchev–Trinajstić information content (AvgIpc) is 3.85. The highest BCUT2D eigenvalue weighted by Gasteiger charge is 2.47. The summed E-state index contributed by atoms with van der Waals surface area (Å²) in [6, 6.07) is 20.4. The van der Waals surface area contributed by atoms with Gasteiger partial charge in [-0.3, -0.25) is 9.78 Å². The van der Waals surface area contributed by atoms with Crippen LogP contribution >= 0.6 is 0 Å². The Morgan fingerprint density at radius 3 is 2.81 bits per heavy atom. The smallest absolute Gasteiger partial charge is 0.254 e. The Bertz CT molecular complexity index is 2190. The van der Waals surface area contributed by atoms with Crippen LogP contribution in [-0.4, -0.2) is 67.2 Å². The van der Waals surface area contributed by atoms with Crippen LogP contribution in [0.2, 0.25) is 0 Å². The van der Waals surface area contributed by atoms with Crippen molar-refractivity contribution in [2.45, 2.75) is 44.4 Å². The number of imidazole rings is 1. The highest BCUT2D eigenvalue weighted by molar-refractivity contribution is 6.00. The number of nitrogens with zero attached hydrogens (tertiary/aromatic N) is 6. The van der Waals surface area contributed by atoms with E-state index in [0.717, 1.165) is 69.8 Å². The maximum atomic E-state index is 14.0. The van der Waals surface area contributed by atoms with Crippen LogP contribution in [0.1, 0.15) is 35.2 Å². The van der Waals surface area contributed by atoms with Crippen molar-refractivity contribution < 1.29 is 14.3 Å². The largest absolute Gasteiger partial charge is 0.494 e. The van der Waals surface area contributed by atoms with Gasteiger partial charge < -0.3 is 29.2 Å². The normalized spacial score (nSPS) is 20.4. The van der Waals surface area contributed by atoms with Crippen LogP contribution in [0.15, 0.2) is 79.3 Å². The van der Waals surface area contributed by atoms with Crippen molar-refractivity contribution in [1.82, 2.24) is 29.0 Å². The first kappa shape index (κ1) is 28.0. The summed E-state index contributed by atoms with van der Waals surface area (Å²) < 4.78 is 16.8. The monoisotopic (exact) mass is 625 g/mol. The number of ether oxygens (including phenoxy) is 2. The number of hydrogen-bond donors (Lipinski definition) is 1. The number of piperidine rings is 1. The summed E-state index contributed by atoms with van der Waals surface area (Å²) >= 11 is 0. The van der Waals surface area contributed by atoms with Crippen LogP contribution in [0, 0.1) is 5.92 Å². The van der Waals surface area contributed by atoms with Crippen molar-refractivity contribution in [3.05, 3.63) is 90.4 Å². The third-order valence-electron chi connectivity index (χ3n) is 10.2. The van der Waals surface area contributed by atoms with Crippen molar-refractivity contribution in [2.75, 3.05) is 20.3 Å². The molecule has 0 radical (unpaired) electrons. The molecule has 9 rings (SSSR count). The molecule has 3 unspecified atom stereocenters. The zero-order valence-electron chi connectivity index (χ0n) is 26.2. The van der Waals surface area contributed by atoms with Gasteiger partial charge in [-0.2, -0.15) is 0 Å². The number of rotatable bonds is 2. The van der Waals surface area contributed by atoms with E-state index >= 15 is 0 Å². The first-order valence-corrected chi connectivity index (χ1v) is 16.3. The predicted molar refractivity (Wildman–Crippen MR) is 179 cm³/mol. The number of fused-ring (bicyclic) bond motifs is 13. The molecule has 4 bridgehead atoms. The van der Waals surface area contributed by atoms with Gasteiger partial charge >= 0.3 is 0 Å². The fraction of sp³-hybridized carbons (Fsp3) is 0.297. The number of hydrogen-bond acceptors (Lipinski definition) is 7. The van der Waals surface area contributed by atoms with Crippen molar-refractivity contribution in [1.29, 1.82) is 0 Å². The third-order valence-corrected chi connectivity index (χ3v) is 10.2. The molecule has 2 N–H and O–H groups in total. The van der Waals surface area contributed by atoms with Crippen LogP contribution in [0.25, 0.3) is 44.7 Å². The van der Waals surface area contributed by atoms with Crippen molar-refractivity contribution in [3.63, 3.8) is 0 Å². The third kappa shape index (κ3) is 4.50. The Morgan fingerprint density at radius 2 is 1.96 bits per heavy atom. The minimum atomic E-state index is -0.0174. The van der Waals surface area contributed by atoms with Gasteiger partial charge in [0, 0.05) is 65.8 Å². The van der Waals surface area contributed by atoms with Gasteiger partial charge in [0.2, 0.25) is 0 Å². The summed E-state index contributed by atoms with van der Waals surface area (Å²) in [6.07, 6.45) is 8.40. The number of amides is 1. The molecule has 2 aromatic carbocycles. The van der Waals surface area contributed by atoms with Crippen LogP contribution < -0.4 is 15.2 Å². The molecule has 6 aromatic rings. The van der Waals surface area contributed by atoms with E-state index in [2.05, 4.69) is 38.4 Å². The zero-order valence-corrected chi connectivity index (χ0v) is 26.2. The highest BCUT2D eigenvalue weighted by Crippen LogP contribution is 2.40. The Hall–Kier alpha value is -5.22. The maximum Gasteiger partial charge on any atom is 0.254 e. The number of benzene rings is 2. The van der Waals surface area contributed by atoms with Crippen LogP contribution in [0.3, 0.4) is 0 Å². The molecule has 1 amide bonds. The van der Waals surface area contributed by atoms with Crippen molar-refractivity contribution in [3.8, 4) is 34.1 Å². The van der Waals surface area contributed by atoms with Crippen LogP contribution in [0.5, 0.6) is 11.5 Å². The predicted octanol–water partition coefficient (Wildman–Crippen LogP) is 5.52. The number of aryl methyl sites for hydroxylation is 1. The van der Waals surface area contributed by atoms with Gasteiger partial charge in [-0.1, -0.05) is 18.2 Å². The Labute approximate surface area is 271 Å². The Kier molecular flexibility index (Phi) is 6.53. The zero-order chi connectivity index (χ0) is 31.6. The summed E-state index contributed by atoms with van der Waals surface area (Å²) in [4.78, 5) is 30.6. The van der Waals surface area contributed by atoms with Gasteiger partial charge in [0.15, 0.2) is 5.82 Å². The van der Waals surface area contributed by atoms with Gasteiger partial charge in [-0.25, -0.2) is 9.97 Å². The lowest BCUT2D eigenvalue weighted by Crippen LogP contribution is -2.41. The molecule has 1 saturated carbocycles. The number of likely N-dealkylation sites (tertiary alicyclic amines) is 1. The second-order valence-electron chi connectivity index (χ2n) is 12.9. The minimum absolute atomic E-state index is 0.0174. The van der Waals surface area contributed by atoms with E-state index in [0.29, 0.717) is 49.0 Å². The molecular weight excluding hydrogens is 590 g/mol. The second-order valence-corrected chi connectivity index (χ2v) is 12.9. The number of methoxy groups -OCH3 is 1. The molecule has 2 fully saturated rings. The molecule has 3 aliphatic rings. The molecule has 3 atom stereocenters. The Morgan fingerprint density at radius 1 is 1.04 bits per heavy atom. The fourth-order valence-corrected chi connectivity index (χ4v) is 7.94. The number of carbonyl (C=O) groups is 1. The standard InChI is InChI=1S/C37H35N7O3/c1-46-32-17-25(37(45)43-21-24-9-10-29(43)33(24)38)15-28-34(32)44-20-22-14-26(19-39-18-22)27-7-2-3-8-31(27)47-13-5-12-42-30(36(44)41-28)16-23-6-4-11-40-35(23)42/h2-4,6-8,11,14-19,24,29,33H,5,9-10,12-13,20-21,38H2,1H3. The van der Waals surface area contributed by atoms with Crippen molar-refractivity contribution >= 4 is 28.0 Å². The van der Waals surface area contributed by atoms with E-state index in [1.54, 1.807) is 7.11 Å². The van der Waals surface area contributed by atoms with Gasteiger partial charge in [0.25, 0.3) is 5.91 Å². The molecule has 1 saturated heterocycles. The molecule has 4 aromatic heterocycles. The Balaban J connectivity index is 1.25. The maximum absolute atomic E-state index is 14.0. The van der Waals surface area contributed by atoms with E-state index in [4.69, 9.17) is 25.2 Å².